The number of anilines is 3. The Kier molecular flexibility index (Phi) is 5.08. The monoisotopic (exact) mass is 400 g/mol. The summed E-state index contributed by atoms with van der Waals surface area (Å²) in [5.41, 5.74) is 0.773. The molecule has 0 saturated carbocycles. The second kappa shape index (κ2) is 7.25. The molecule has 0 aliphatic carbocycles. The molecule has 3 rings (SSSR count). The molecule has 0 spiro atoms. The van der Waals surface area contributed by atoms with Gasteiger partial charge in [0.05, 0.1) is 11.6 Å². The summed E-state index contributed by atoms with van der Waals surface area (Å²) in [6, 6.07) is 6.42. The minimum atomic E-state index is -3.63. The van der Waals surface area contributed by atoms with E-state index < -0.39 is 10.0 Å². The number of benzene rings is 1. The van der Waals surface area contributed by atoms with Crippen LogP contribution < -0.4 is 15.4 Å². The van der Waals surface area contributed by atoms with E-state index in [1.165, 1.54) is 41.0 Å². The fourth-order valence-corrected chi connectivity index (χ4v) is 4.30. The summed E-state index contributed by atoms with van der Waals surface area (Å²) in [7, 11) is -3.63. The molecule has 0 radical (unpaired) electrons. The quantitative estimate of drug-likeness (QED) is 0.356. The molecule has 0 unspecified atom stereocenters. The first-order valence-corrected chi connectivity index (χ1v) is 10.2. The van der Waals surface area contributed by atoms with Crippen molar-refractivity contribution in [3.63, 3.8) is 0 Å². The van der Waals surface area contributed by atoms with E-state index in [1.807, 2.05) is 0 Å². The third kappa shape index (κ3) is 4.29. The van der Waals surface area contributed by atoms with Gasteiger partial charge in [0.2, 0.25) is 5.13 Å². The number of aromatic amines is 1. The zero-order chi connectivity index (χ0) is 17.0. The molecule has 12 heteroatoms. The maximum atomic E-state index is 12.2. The minimum Gasteiger partial charge on any atom is -0.368 e. The van der Waals surface area contributed by atoms with Crippen LogP contribution in [0.4, 0.5) is 16.0 Å². The molecule has 3 aromatic rings. The molecule has 24 heavy (non-hydrogen) atoms. The lowest BCUT2D eigenvalue weighted by Crippen LogP contribution is -2.13. The highest BCUT2D eigenvalue weighted by Gasteiger charge is 2.15. The number of H-pyrrole nitrogens is 1. The summed E-state index contributed by atoms with van der Waals surface area (Å²) >= 11 is 7.50. The van der Waals surface area contributed by atoms with Gasteiger partial charge in [-0.2, -0.15) is 0 Å². The van der Waals surface area contributed by atoms with Crippen molar-refractivity contribution in [1.82, 2.24) is 15.2 Å². The van der Waals surface area contributed by atoms with E-state index in [-0.39, 0.29) is 4.90 Å². The van der Waals surface area contributed by atoms with E-state index in [1.54, 1.807) is 17.5 Å². The van der Waals surface area contributed by atoms with Gasteiger partial charge in [-0.05, 0) is 36.5 Å². The SMILES string of the molecule is O=S(=O)(Nc1nccs1)c1ccc(NCNc2n[nH]c(=S)s2)cc1. The standard InChI is InChI=1S/C12H12N6O2S4/c19-24(20,18-11-13-5-6-22-11)9-3-1-8(2-4-9)14-7-15-10-16-17-12(21)23-10/h1-6,14H,7H2,(H,13,18)(H,15,16)(H,17,21). The third-order valence-corrected chi connectivity index (χ3v) is 6.01. The Bertz CT molecular complexity index is 946. The van der Waals surface area contributed by atoms with Gasteiger partial charge in [-0.15, -0.1) is 16.4 Å². The number of thiazole rings is 1. The van der Waals surface area contributed by atoms with Crippen molar-refractivity contribution in [3.8, 4) is 0 Å². The van der Waals surface area contributed by atoms with Crippen LogP contribution in [0.3, 0.4) is 0 Å². The highest BCUT2D eigenvalue weighted by atomic mass is 32.2. The second-order valence-corrected chi connectivity index (χ2v) is 8.66. The predicted molar refractivity (Wildman–Crippen MR) is 98.8 cm³/mol. The van der Waals surface area contributed by atoms with Gasteiger partial charge in [0.25, 0.3) is 10.0 Å². The molecule has 0 aliphatic heterocycles. The summed E-state index contributed by atoms with van der Waals surface area (Å²) in [6.07, 6.45) is 1.54. The predicted octanol–water partition coefficient (Wildman–Crippen LogP) is 2.94. The molecule has 0 bridgehead atoms. The normalized spacial score (nSPS) is 11.2. The molecule has 0 atom stereocenters. The molecule has 0 fully saturated rings. The smallest absolute Gasteiger partial charge is 0.263 e. The van der Waals surface area contributed by atoms with E-state index in [0.29, 0.717) is 20.9 Å². The molecule has 4 N–H and O–H groups in total. The average Bonchev–Trinajstić information content (AvgIpc) is 3.19. The van der Waals surface area contributed by atoms with E-state index in [0.717, 1.165) is 5.69 Å². The number of hydrogen-bond donors (Lipinski definition) is 4. The Morgan fingerprint density at radius 3 is 2.58 bits per heavy atom. The molecule has 0 amide bonds. The van der Waals surface area contributed by atoms with Crippen LogP contribution in [0.1, 0.15) is 0 Å². The van der Waals surface area contributed by atoms with Crippen molar-refractivity contribution in [2.24, 2.45) is 0 Å². The van der Waals surface area contributed by atoms with Gasteiger partial charge < -0.3 is 10.6 Å². The van der Waals surface area contributed by atoms with E-state index in [9.17, 15) is 8.42 Å². The van der Waals surface area contributed by atoms with Crippen LogP contribution in [-0.2, 0) is 10.0 Å². The average molecular weight is 401 g/mol. The lowest BCUT2D eigenvalue weighted by molar-refractivity contribution is 0.601. The first-order valence-electron chi connectivity index (χ1n) is 6.58. The van der Waals surface area contributed by atoms with Gasteiger partial charge in [0, 0.05) is 17.3 Å². The summed E-state index contributed by atoms with van der Waals surface area (Å²) in [6.45, 7) is 0.430. The summed E-state index contributed by atoms with van der Waals surface area (Å²) in [5.74, 6) is 0. The molecule has 2 heterocycles. The first-order chi connectivity index (χ1) is 11.5. The number of nitrogens with one attached hydrogen (secondary N) is 4. The number of aromatic nitrogens is 3. The van der Waals surface area contributed by atoms with E-state index in [2.05, 4.69) is 30.5 Å². The lowest BCUT2D eigenvalue weighted by atomic mass is 10.3. The molecule has 8 nitrogen and oxygen atoms in total. The number of hydrogen-bond acceptors (Lipinski definition) is 9. The van der Waals surface area contributed by atoms with Crippen molar-refractivity contribution in [2.75, 3.05) is 22.0 Å². The minimum absolute atomic E-state index is 0.168. The van der Waals surface area contributed by atoms with E-state index >= 15 is 0 Å². The Morgan fingerprint density at radius 2 is 1.96 bits per heavy atom. The van der Waals surface area contributed by atoms with E-state index in [4.69, 9.17) is 12.2 Å². The molecule has 1 aromatic carbocycles. The van der Waals surface area contributed by atoms with Crippen molar-refractivity contribution in [1.29, 1.82) is 0 Å². The molecule has 0 aliphatic rings. The number of rotatable bonds is 7. The molecule has 126 valence electrons. The Hall–Kier alpha value is -2.02. The Balaban J connectivity index is 1.59. The van der Waals surface area contributed by atoms with Gasteiger partial charge >= 0.3 is 0 Å². The maximum absolute atomic E-state index is 12.2. The highest BCUT2D eigenvalue weighted by molar-refractivity contribution is 7.93. The molecular formula is C12H12N6O2S4. The summed E-state index contributed by atoms with van der Waals surface area (Å²) in [4.78, 5) is 4.08. The second-order valence-electron chi connectivity index (χ2n) is 4.42. The fraction of sp³-hybridized carbons (Fsp3) is 0.0833. The van der Waals surface area contributed by atoms with Crippen molar-refractivity contribution < 1.29 is 8.42 Å². The van der Waals surface area contributed by atoms with Crippen LogP contribution in [-0.4, -0.2) is 30.3 Å². The molecular weight excluding hydrogens is 388 g/mol. The van der Waals surface area contributed by atoms with Crippen molar-refractivity contribution in [2.45, 2.75) is 4.90 Å². The lowest BCUT2D eigenvalue weighted by Gasteiger charge is -2.09. The summed E-state index contributed by atoms with van der Waals surface area (Å²) < 4.78 is 27.5. The fourth-order valence-electron chi connectivity index (χ4n) is 1.73. The van der Waals surface area contributed by atoms with Crippen LogP contribution in [0, 0.1) is 3.95 Å². The van der Waals surface area contributed by atoms with Crippen molar-refractivity contribution in [3.05, 3.63) is 39.8 Å². The van der Waals surface area contributed by atoms with Crippen molar-refractivity contribution >= 4 is 60.9 Å². The Morgan fingerprint density at radius 1 is 1.17 bits per heavy atom. The third-order valence-electron chi connectivity index (χ3n) is 2.79. The van der Waals surface area contributed by atoms with Crippen LogP contribution >= 0.6 is 34.9 Å². The highest BCUT2D eigenvalue weighted by Crippen LogP contribution is 2.19. The zero-order valence-electron chi connectivity index (χ0n) is 12.0. The maximum Gasteiger partial charge on any atom is 0.263 e. The van der Waals surface area contributed by atoms with Crippen LogP contribution in [0.2, 0.25) is 0 Å². The van der Waals surface area contributed by atoms with Crippen LogP contribution in [0.5, 0.6) is 0 Å². The zero-order valence-corrected chi connectivity index (χ0v) is 15.3. The van der Waals surface area contributed by atoms with Gasteiger partial charge in [0.15, 0.2) is 9.09 Å². The Labute approximate surface area is 151 Å². The van der Waals surface area contributed by atoms with Crippen LogP contribution in [0.25, 0.3) is 0 Å². The first kappa shape index (κ1) is 16.8. The van der Waals surface area contributed by atoms with Crippen LogP contribution in [0.15, 0.2) is 40.7 Å². The molecule has 2 aromatic heterocycles. The van der Waals surface area contributed by atoms with Gasteiger partial charge in [-0.3, -0.25) is 9.82 Å². The largest absolute Gasteiger partial charge is 0.368 e. The van der Waals surface area contributed by atoms with Gasteiger partial charge in [0.1, 0.15) is 0 Å². The summed E-state index contributed by atoms with van der Waals surface area (Å²) in [5, 5.41) is 15.5. The number of sulfonamides is 1. The van der Waals surface area contributed by atoms with Gasteiger partial charge in [-0.1, -0.05) is 11.3 Å². The van der Waals surface area contributed by atoms with Gasteiger partial charge in [-0.25, -0.2) is 13.4 Å². The number of nitrogens with zero attached hydrogens (tertiary/aromatic N) is 2. The topological polar surface area (TPSA) is 112 Å². The molecule has 0 saturated heterocycles.